The number of aliphatic hydroxyl groups excluding tert-OH is 1. The van der Waals surface area contributed by atoms with E-state index in [4.69, 9.17) is 0 Å². The Kier molecular flexibility index (Phi) is 5.53. The zero-order chi connectivity index (χ0) is 21.1. The first kappa shape index (κ1) is 20.1. The molecule has 1 aliphatic heterocycles. The van der Waals surface area contributed by atoms with Gasteiger partial charge in [0.2, 0.25) is 5.95 Å². The van der Waals surface area contributed by atoms with Crippen LogP contribution in [-0.2, 0) is 10.4 Å². The summed E-state index contributed by atoms with van der Waals surface area (Å²) in [5.41, 5.74) is -0.0993. The molecule has 2 aromatic rings. The van der Waals surface area contributed by atoms with Gasteiger partial charge in [-0.1, -0.05) is 18.2 Å². The number of hydrogen-bond acceptors (Lipinski definition) is 8. The smallest absolute Gasteiger partial charge is 0.261 e. The average Bonchev–Trinajstić information content (AvgIpc) is 3.00. The summed E-state index contributed by atoms with van der Waals surface area (Å²) in [5.74, 6) is 0.301. The number of nitrogens with one attached hydrogen (secondary N) is 3. The highest BCUT2D eigenvalue weighted by atomic mass is 16.3. The number of para-hydroxylation sites is 1. The molecule has 1 amide bonds. The fraction of sp³-hybridized carbons (Fsp3) is 0.429. The summed E-state index contributed by atoms with van der Waals surface area (Å²) in [7, 11) is 0. The number of nitrogens with zero attached hydrogens (tertiary/aromatic N) is 3. The van der Waals surface area contributed by atoms with E-state index in [1.165, 1.54) is 6.20 Å². The van der Waals surface area contributed by atoms with Crippen LogP contribution in [0.15, 0.2) is 30.5 Å². The minimum atomic E-state index is -1.61. The van der Waals surface area contributed by atoms with Gasteiger partial charge in [-0.15, -0.1) is 0 Å². The number of rotatable bonds is 6. The summed E-state index contributed by atoms with van der Waals surface area (Å²) in [6, 6.07) is 9.30. The maximum atomic E-state index is 12.3. The van der Waals surface area contributed by atoms with Crippen molar-refractivity contribution in [2.75, 3.05) is 22.5 Å². The Labute approximate surface area is 174 Å². The molecule has 1 aromatic carbocycles. The molecule has 5 N–H and O–H groups in total. The van der Waals surface area contributed by atoms with Crippen molar-refractivity contribution in [1.82, 2.24) is 9.97 Å². The molecule has 0 saturated heterocycles. The van der Waals surface area contributed by atoms with Gasteiger partial charge in [-0.05, 0) is 31.7 Å². The second-order valence-corrected chi connectivity index (χ2v) is 7.75. The molecule has 4 rings (SSSR count). The predicted octanol–water partition coefficient (Wildman–Crippen LogP) is 1.71. The molecule has 0 spiro atoms. The lowest BCUT2D eigenvalue weighted by atomic mass is 9.92. The lowest BCUT2D eigenvalue weighted by Crippen LogP contribution is -2.36. The van der Waals surface area contributed by atoms with Gasteiger partial charge < -0.3 is 26.2 Å². The predicted molar refractivity (Wildman–Crippen MR) is 111 cm³/mol. The molecule has 9 heteroatoms. The Morgan fingerprint density at radius 1 is 1.27 bits per heavy atom. The number of nitriles is 1. The molecular formula is C21H24N6O3. The summed E-state index contributed by atoms with van der Waals surface area (Å²) in [5, 5.41) is 38.9. The monoisotopic (exact) mass is 408 g/mol. The maximum absolute atomic E-state index is 12.3. The van der Waals surface area contributed by atoms with E-state index < -0.39 is 11.5 Å². The number of anilines is 3. The van der Waals surface area contributed by atoms with Crippen LogP contribution in [0, 0.1) is 11.3 Å². The third-order valence-corrected chi connectivity index (χ3v) is 5.71. The van der Waals surface area contributed by atoms with Crippen molar-refractivity contribution in [2.45, 2.75) is 49.9 Å². The number of benzene rings is 1. The second kappa shape index (κ2) is 8.26. The lowest BCUT2D eigenvalue weighted by molar-refractivity contribution is -0.134. The van der Waals surface area contributed by atoms with Gasteiger partial charge in [0.15, 0.2) is 5.60 Å². The van der Waals surface area contributed by atoms with Crippen molar-refractivity contribution in [1.29, 1.82) is 5.26 Å². The molecule has 1 fully saturated rings. The average molecular weight is 408 g/mol. The lowest BCUT2D eigenvalue weighted by Gasteiger charge is -2.27. The van der Waals surface area contributed by atoms with Crippen molar-refractivity contribution in [3.8, 4) is 6.07 Å². The largest absolute Gasteiger partial charge is 0.393 e. The third-order valence-electron chi connectivity index (χ3n) is 5.71. The fourth-order valence-corrected chi connectivity index (χ4v) is 3.98. The minimum absolute atomic E-state index is 0.141. The SMILES string of the molecule is N#Cc1cnc(NCCC2(O)C(=O)Nc3ccccc32)nc1NC1CCC(O)CC1. The first-order valence-electron chi connectivity index (χ1n) is 10.1. The van der Waals surface area contributed by atoms with E-state index in [1.54, 1.807) is 24.3 Å². The number of amides is 1. The Hall–Kier alpha value is -3.22. The summed E-state index contributed by atoms with van der Waals surface area (Å²) in [6.45, 7) is 0.263. The van der Waals surface area contributed by atoms with Gasteiger partial charge in [0.1, 0.15) is 17.5 Å². The van der Waals surface area contributed by atoms with Crippen LogP contribution < -0.4 is 16.0 Å². The molecule has 1 unspecified atom stereocenters. The van der Waals surface area contributed by atoms with E-state index in [9.17, 15) is 20.3 Å². The second-order valence-electron chi connectivity index (χ2n) is 7.75. The highest BCUT2D eigenvalue weighted by Crippen LogP contribution is 2.37. The summed E-state index contributed by atoms with van der Waals surface area (Å²) in [4.78, 5) is 20.9. The van der Waals surface area contributed by atoms with Crippen molar-refractivity contribution >= 4 is 23.4 Å². The van der Waals surface area contributed by atoms with E-state index in [0.717, 1.165) is 25.7 Å². The van der Waals surface area contributed by atoms with Crippen LogP contribution in [0.2, 0.25) is 0 Å². The molecular weight excluding hydrogens is 384 g/mol. The first-order chi connectivity index (χ1) is 14.5. The van der Waals surface area contributed by atoms with E-state index in [0.29, 0.717) is 28.6 Å². The number of hydrogen-bond donors (Lipinski definition) is 5. The molecule has 1 saturated carbocycles. The standard InChI is InChI=1S/C21H24N6O3/c22-11-13-12-24-20(27-18(13)25-14-5-7-15(28)8-6-14)23-10-9-21(30)16-3-1-2-4-17(16)26-19(21)29/h1-4,12,14-15,28,30H,5-10H2,(H,26,29)(H2,23,24,25,27). The molecule has 156 valence electrons. The van der Waals surface area contributed by atoms with Gasteiger partial charge in [0.05, 0.1) is 12.3 Å². The Morgan fingerprint density at radius 3 is 2.80 bits per heavy atom. The van der Waals surface area contributed by atoms with Crippen LogP contribution in [0.1, 0.15) is 43.2 Å². The number of fused-ring (bicyclic) bond motifs is 1. The molecule has 30 heavy (non-hydrogen) atoms. The molecule has 2 aliphatic rings. The number of carbonyl (C=O) groups is 1. The van der Waals surface area contributed by atoms with Gasteiger partial charge in [0.25, 0.3) is 5.91 Å². The van der Waals surface area contributed by atoms with Crippen LogP contribution >= 0.6 is 0 Å². The van der Waals surface area contributed by atoms with Gasteiger partial charge in [-0.2, -0.15) is 10.2 Å². The maximum Gasteiger partial charge on any atom is 0.261 e. The number of aromatic nitrogens is 2. The minimum Gasteiger partial charge on any atom is -0.393 e. The molecule has 1 atom stereocenters. The van der Waals surface area contributed by atoms with Gasteiger partial charge in [-0.3, -0.25) is 4.79 Å². The Balaban J connectivity index is 1.42. The molecule has 1 aliphatic carbocycles. The van der Waals surface area contributed by atoms with Crippen molar-refractivity contribution < 1.29 is 15.0 Å². The highest BCUT2D eigenvalue weighted by molar-refractivity contribution is 6.04. The Morgan fingerprint density at radius 2 is 2.03 bits per heavy atom. The van der Waals surface area contributed by atoms with Gasteiger partial charge >= 0.3 is 0 Å². The van der Waals surface area contributed by atoms with Crippen molar-refractivity contribution in [2.24, 2.45) is 0 Å². The summed E-state index contributed by atoms with van der Waals surface area (Å²) in [6.07, 6.45) is 4.38. The Bertz CT molecular complexity index is 983. The van der Waals surface area contributed by atoms with Crippen molar-refractivity contribution in [3.63, 3.8) is 0 Å². The normalized spacial score (nSPS) is 25.2. The van der Waals surface area contributed by atoms with E-state index in [1.807, 2.05) is 0 Å². The number of carbonyl (C=O) groups excluding carboxylic acids is 1. The molecule has 1 aromatic heterocycles. The third kappa shape index (κ3) is 3.92. The zero-order valence-electron chi connectivity index (χ0n) is 16.4. The fourth-order valence-electron chi connectivity index (χ4n) is 3.98. The van der Waals surface area contributed by atoms with Crippen LogP contribution in [0.3, 0.4) is 0 Å². The summed E-state index contributed by atoms with van der Waals surface area (Å²) < 4.78 is 0. The van der Waals surface area contributed by atoms with Crippen LogP contribution in [0.4, 0.5) is 17.5 Å². The van der Waals surface area contributed by atoms with E-state index >= 15 is 0 Å². The van der Waals surface area contributed by atoms with Crippen LogP contribution in [-0.4, -0.2) is 44.8 Å². The van der Waals surface area contributed by atoms with Crippen molar-refractivity contribution in [3.05, 3.63) is 41.6 Å². The van der Waals surface area contributed by atoms with E-state index in [2.05, 4.69) is 32.0 Å². The van der Waals surface area contributed by atoms with Gasteiger partial charge in [0, 0.05) is 30.3 Å². The van der Waals surface area contributed by atoms with Crippen LogP contribution in [0.5, 0.6) is 0 Å². The zero-order valence-corrected chi connectivity index (χ0v) is 16.4. The van der Waals surface area contributed by atoms with E-state index in [-0.39, 0.29) is 25.1 Å². The number of aliphatic hydroxyl groups is 2. The summed E-state index contributed by atoms with van der Waals surface area (Å²) >= 11 is 0. The molecule has 2 heterocycles. The highest BCUT2D eigenvalue weighted by Gasteiger charge is 2.44. The molecule has 0 bridgehead atoms. The first-order valence-corrected chi connectivity index (χ1v) is 10.1. The quantitative estimate of drug-likeness (QED) is 0.486. The topological polar surface area (TPSA) is 143 Å². The molecule has 0 radical (unpaired) electrons. The van der Waals surface area contributed by atoms with Crippen LogP contribution in [0.25, 0.3) is 0 Å². The van der Waals surface area contributed by atoms with Gasteiger partial charge in [-0.25, -0.2) is 4.98 Å². The molecule has 9 nitrogen and oxygen atoms in total.